The second kappa shape index (κ2) is 5.97. The zero-order valence-electron chi connectivity index (χ0n) is 13.9. The molecule has 3 aromatic rings. The van der Waals surface area contributed by atoms with Crippen molar-refractivity contribution in [3.63, 3.8) is 0 Å². The lowest BCUT2D eigenvalue weighted by Crippen LogP contribution is -2.16. The molecular weight excluding hydrogens is 334 g/mol. The molecular formula is C19H19NO2SSi. The molecule has 0 aliphatic heterocycles. The number of hydrogen-bond acceptors (Lipinski definition) is 2. The Morgan fingerprint density at radius 2 is 1.54 bits per heavy atom. The van der Waals surface area contributed by atoms with Gasteiger partial charge in [-0.25, -0.2) is 12.4 Å². The highest BCUT2D eigenvalue weighted by atomic mass is 32.2. The summed E-state index contributed by atoms with van der Waals surface area (Å²) in [6.45, 7) is 6.50. The summed E-state index contributed by atoms with van der Waals surface area (Å²) in [5.41, 5.74) is 4.73. The molecule has 0 bridgehead atoms. The summed E-state index contributed by atoms with van der Waals surface area (Å²) < 4.78 is 27.3. The molecule has 0 fully saturated rings. The van der Waals surface area contributed by atoms with E-state index in [1.165, 1.54) is 3.97 Å². The highest BCUT2D eigenvalue weighted by Gasteiger charge is 2.20. The van der Waals surface area contributed by atoms with E-state index in [9.17, 15) is 8.42 Å². The van der Waals surface area contributed by atoms with Crippen LogP contribution in [0.15, 0.2) is 65.7 Å². The van der Waals surface area contributed by atoms with E-state index in [1.54, 1.807) is 36.5 Å². The Morgan fingerprint density at radius 1 is 0.917 bits per heavy atom. The van der Waals surface area contributed by atoms with Crippen LogP contribution in [0.4, 0.5) is 0 Å². The van der Waals surface area contributed by atoms with Crippen LogP contribution in [-0.4, -0.2) is 20.5 Å². The molecule has 1 aromatic heterocycles. The molecule has 5 heteroatoms. The van der Waals surface area contributed by atoms with Gasteiger partial charge in [-0.05, 0) is 18.2 Å². The number of fused-ring (bicyclic) bond motifs is 1. The van der Waals surface area contributed by atoms with E-state index in [0.29, 0.717) is 5.52 Å². The number of hydrogen-bond donors (Lipinski definition) is 0. The summed E-state index contributed by atoms with van der Waals surface area (Å²) in [5.74, 6) is 3.20. The van der Waals surface area contributed by atoms with Gasteiger partial charge in [-0.1, -0.05) is 62.0 Å². The van der Waals surface area contributed by atoms with Gasteiger partial charge in [0.05, 0.1) is 16.0 Å². The van der Waals surface area contributed by atoms with Crippen LogP contribution in [-0.2, 0) is 10.0 Å². The van der Waals surface area contributed by atoms with Crippen molar-refractivity contribution < 1.29 is 8.42 Å². The van der Waals surface area contributed by atoms with Crippen LogP contribution in [0, 0.1) is 11.5 Å². The second-order valence-corrected chi connectivity index (χ2v) is 13.2. The largest absolute Gasteiger partial charge is 0.268 e. The van der Waals surface area contributed by atoms with E-state index in [4.69, 9.17) is 0 Å². The predicted molar refractivity (Wildman–Crippen MR) is 101 cm³/mol. The topological polar surface area (TPSA) is 39.1 Å². The molecule has 24 heavy (non-hydrogen) atoms. The first kappa shape index (κ1) is 16.6. The van der Waals surface area contributed by atoms with E-state index in [0.717, 1.165) is 10.9 Å². The van der Waals surface area contributed by atoms with E-state index >= 15 is 0 Å². The highest BCUT2D eigenvalue weighted by molar-refractivity contribution is 7.90. The molecule has 3 nitrogen and oxygen atoms in total. The Hall–Kier alpha value is -2.29. The third-order valence-corrected chi connectivity index (χ3v) is 6.11. The molecule has 122 valence electrons. The molecule has 3 rings (SSSR count). The zero-order valence-corrected chi connectivity index (χ0v) is 15.8. The molecule has 0 radical (unpaired) electrons. The molecule has 0 aliphatic rings. The van der Waals surface area contributed by atoms with Gasteiger partial charge in [0.1, 0.15) is 8.07 Å². The maximum atomic E-state index is 13.0. The Balaban J connectivity index is 2.25. The van der Waals surface area contributed by atoms with Crippen molar-refractivity contribution in [2.45, 2.75) is 24.5 Å². The quantitative estimate of drug-likeness (QED) is 0.514. The summed E-state index contributed by atoms with van der Waals surface area (Å²) in [6, 6.07) is 16.0. The van der Waals surface area contributed by atoms with Gasteiger partial charge in [-0.3, -0.25) is 0 Å². The van der Waals surface area contributed by atoms with E-state index in [-0.39, 0.29) is 4.90 Å². The molecule has 0 spiro atoms. The molecule has 0 atom stereocenters. The van der Waals surface area contributed by atoms with Crippen LogP contribution in [0.25, 0.3) is 10.9 Å². The number of aromatic nitrogens is 1. The Morgan fingerprint density at radius 3 is 2.21 bits per heavy atom. The van der Waals surface area contributed by atoms with Gasteiger partial charge in [0.15, 0.2) is 0 Å². The van der Waals surface area contributed by atoms with E-state index in [2.05, 4.69) is 31.1 Å². The molecule has 0 aliphatic carbocycles. The molecule has 2 aromatic carbocycles. The molecule has 0 amide bonds. The number of benzene rings is 2. The first-order chi connectivity index (χ1) is 11.3. The number of para-hydroxylation sites is 1. The van der Waals surface area contributed by atoms with Gasteiger partial charge < -0.3 is 0 Å². The number of nitrogens with zero attached hydrogens (tertiary/aromatic N) is 1. The molecule has 0 saturated heterocycles. The normalized spacial score (nSPS) is 12.0. The van der Waals surface area contributed by atoms with Gasteiger partial charge in [-0.2, -0.15) is 0 Å². The van der Waals surface area contributed by atoms with E-state index in [1.807, 2.05) is 24.3 Å². The van der Waals surface area contributed by atoms with Gasteiger partial charge in [-0.15, -0.1) is 5.54 Å². The fraction of sp³-hybridized carbons (Fsp3) is 0.158. The smallest absolute Gasteiger partial charge is 0.240 e. The van der Waals surface area contributed by atoms with Crippen LogP contribution in [0.3, 0.4) is 0 Å². The zero-order chi connectivity index (χ0) is 17.4. The van der Waals surface area contributed by atoms with Gasteiger partial charge in [0, 0.05) is 11.6 Å². The minimum absolute atomic E-state index is 0.274. The average molecular weight is 354 g/mol. The highest BCUT2D eigenvalue weighted by Crippen LogP contribution is 2.25. The third-order valence-electron chi connectivity index (χ3n) is 3.55. The Bertz CT molecular complexity index is 1050. The number of rotatable bonds is 2. The second-order valence-electron chi connectivity index (χ2n) is 6.67. The van der Waals surface area contributed by atoms with Crippen molar-refractivity contribution in [1.29, 1.82) is 0 Å². The molecule has 0 saturated carbocycles. The predicted octanol–water partition coefficient (Wildman–Crippen LogP) is 4.11. The van der Waals surface area contributed by atoms with Gasteiger partial charge in [0.25, 0.3) is 10.0 Å². The SMILES string of the molecule is C[Si](C)(C)C#Cc1cn(S(=O)(=O)c2ccccc2)c2ccccc12. The maximum Gasteiger partial charge on any atom is 0.268 e. The van der Waals surface area contributed by atoms with Crippen molar-refractivity contribution in [3.05, 3.63) is 66.4 Å². The van der Waals surface area contributed by atoms with Crippen molar-refractivity contribution in [3.8, 4) is 11.5 Å². The minimum atomic E-state index is -3.64. The first-order valence-corrected chi connectivity index (χ1v) is 12.7. The lowest BCUT2D eigenvalue weighted by atomic mass is 10.2. The summed E-state index contributed by atoms with van der Waals surface area (Å²) >= 11 is 0. The fourth-order valence-electron chi connectivity index (χ4n) is 2.41. The summed E-state index contributed by atoms with van der Waals surface area (Å²) in [4.78, 5) is 0.274. The van der Waals surface area contributed by atoms with Gasteiger partial charge >= 0.3 is 0 Å². The van der Waals surface area contributed by atoms with Crippen LogP contribution in [0.5, 0.6) is 0 Å². The average Bonchev–Trinajstić information content (AvgIpc) is 2.93. The standard InChI is InChI=1S/C19H19NO2SSi/c1-24(2,3)14-13-16-15-20(19-12-8-7-11-18(16)19)23(21,22)17-9-5-4-6-10-17/h4-12,15H,1-3H3. The van der Waals surface area contributed by atoms with Crippen LogP contribution < -0.4 is 0 Å². The minimum Gasteiger partial charge on any atom is -0.240 e. The van der Waals surface area contributed by atoms with E-state index < -0.39 is 18.1 Å². The lowest BCUT2D eigenvalue weighted by molar-refractivity contribution is 0.589. The maximum absolute atomic E-state index is 13.0. The fourth-order valence-corrected chi connectivity index (χ4v) is 4.31. The third kappa shape index (κ3) is 3.16. The van der Waals surface area contributed by atoms with Crippen LogP contribution >= 0.6 is 0 Å². The van der Waals surface area contributed by atoms with Gasteiger partial charge in [0.2, 0.25) is 0 Å². The van der Waals surface area contributed by atoms with Crippen molar-refractivity contribution in [2.24, 2.45) is 0 Å². The summed E-state index contributed by atoms with van der Waals surface area (Å²) in [7, 11) is -5.19. The van der Waals surface area contributed by atoms with Crippen LogP contribution in [0.2, 0.25) is 19.6 Å². The first-order valence-electron chi connectivity index (χ1n) is 7.73. The molecule has 0 unspecified atom stereocenters. The van der Waals surface area contributed by atoms with Crippen molar-refractivity contribution in [1.82, 2.24) is 3.97 Å². The lowest BCUT2D eigenvalue weighted by Gasteiger charge is -2.06. The van der Waals surface area contributed by atoms with Crippen LogP contribution in [0.1, 0.15) is 5.56 Å². The monoisotopic (exact) mass is 353 g/mol. The Kier molecular flexibility index (Phi) is 4.12. The summed E-state index contributed by atoms with van der Waals surface area (Å²) in [5, 5.41) is 0.864. The molecule has 0 N–H and O–H groups in total. The summed E-state index contributed by atoms with van der Waals surface area (Å²) in [6.07, 6.45) is 1.64. The Labute approximate surface area is 144 Å². The van der Waals surface area contributed by atoms with Crippen molar-refractivity contribution in [2.75, 3.05) is 0 Å². The molecule has 1 heterocycles. The van der Waals surface area contributed by atoms with Crippen molar-refractivity contribution >= 4 is 29.0 Å².